The number of carbonyl (C=O) groups excluding carboxylic acids is 1. The molecule has 8 nitrogen and oxygen atoms in total. The lowest BCUT2D eigenvalue weighted by atomic mass is 10.1. The zero-order chi connectivity index (χ0) is 16.4. The summed E-state index contributed by atoms with van der Waals surface area (Å²) in [7, 11) is 0. The molecular formula is C15H21N5O3. The summed E-state index contributed by atoms with van der Waals surface area (Å²) in [5.41, 5.74) is 1.43. The maximum Gasteiger partial charge on any atom is 0.320 e. The van der Waals surface area contributed by atoms with Gasteiger partial charge in [-0.25, -0.2) is 9.48 Å². The van der Waals surface area contributed by atoms with E-state index in [2.05, 4.69) is 20.9 Å². The molecule has 0 spiro atoms. The number of amides is 2. The van der Waals surface area contributed by atoms with Crippen molar-refractivity contribution in [1.29, 1.82) is 0 Å². The van der Waals surface area contributed by atoms with Gasteiger partial charge in [-0.05, 0) is 20.8 Å². The molecule has 0 aliphatic carbocycles. The molecule has 0 saturated heterocycles. The second kappa shape index (κ2) is 6.04. The Morgan fingerprint density at radius 1 is 1.43 bits per heavy atom. The van der Waals surface area contributed by atoms with Crippen LogP contribution in [-0.4, -0.2) is 27.6 Å². The number of urea groups is 1. The number of ether oxygens (including phenoxy) is 1. The molecule has 0 atom stereocenters. The van der Waals surface area contributed by atoms with E-state index >= 15 is 0 Å². The molecule has 8 heteroatoms. The van der Waals surface area contributed by atoms with Gasteiger partial charge in [0, 0.05) is 18.1 Å². The molecular weight excluding hydrogens is 298 g/mol. The highest BCUT2D eigenvalue weighted by Gasteiger charge is 2.21. The van der Waals surface area contributed by atoms with Gasteiger partial charge in [0.05, 0.1) is 31.5 Å². The van der Waals surface area contributed by atoms with Crippen molar-refractivity contribution in [2.75, 3.05) is 11.9 Å². The lowest BCUT2D eigenvalue weighted by molar-refractivity contribution is 0.102. The van der Waals surface area contributed by atoms with Gasteiger partial charge in [-0.3, -0.25) is 5.32 Å². The Bertz CT molecular complexity index is 698. The van der Waals surface area contributed by atoms with Crippen LogP contribution in [0.25, 0.3) is 0 Å². The number of anilines is 1. The van der Waals surface area contributed by atoms with Crippen LogP contribution in [-0.2, 0) is 29.8 Å². The molecule has 0 radical (unpaired) electrons. The zero-order valence-electron chi connectivity index (χ0n) is 13.5. The number of hydrogen-bond donors (Lipinski definition) is 2. The van der Waals surface area contributed by atoms with Crippen molar-refractivity contribution in [1.82, 2.24) is 20.3 Å². The fraction of sp³-hybridized carbons (Fsp3) is 0.533. The lowest BCUT2D eigenvalue weighted by Crippen LogP contribution is -2.32. The van der Waals surface area contributed by atoms with Crippen LogP contribution in [0, 0.1) is 0 Å². The monoisotopic (exact) mass is 319 g/mol. The van der Waals surface area contributed by atoms with Crippen LogP contribution >= 0.6 is 0 Å². The van der Waals surface area contributed by atoms with E-state index in [4.69, 9.17) is 9.26 Å². The number of fused-ring (bicyclic) bond motifs is 1. The SMILES string of the molecule is CC(C)(C)n1nccc1NC(=O)NCc1noc2c1COCC2. The van der Waals surface area contributed by atoms with Crippen molar-refractivity contribution in [3.05, 3.63) is 29.3 Å². The number of carbonyl (C=O) groups is 1. The Morgan fingerprint density at radius 2 is 2.26 bits per heavy atom. The van der Waals surface area contributed by atoms with Gasteiger partial charge in [-0.1, -0.05) is 5.16 Å². The summed E-state index contributed by atoms with van der Waals surface area (Å²) in [6.45, 7) is 7.47. The van der Waals surface area contributed by atoms with E-state index in [1.165, 1.54) is 0 Å². The highest BCUT2D eigenvalue weighted by Crippen LogP contribution is 2.21. The smallest absolute Gasteiger partial charge is 0.320 e. The maximum absolute atomic E-state index is 12.1. The fourth-order valence-electron chi connectivity index (χ4n) is 2.48. The summed E-state index contributed by atoms with van der Waals surface area (Å²) in [5.74, 6) is 1.49. The minimum absolute atomic E-state index is 0.214. The first-order valence-electron chi connectivity index (χ1n) is 7.58. The summed E-state index contributed by atoms with van der Waals surface area (Å²) in [5, 5.41) is 13.8. The molecule has 2 N–H and O–H groups in total. The van der Waals surface area contributed by atoms with Crippen LogP contribution in [0.4, 0.5) is 10.6 Å². The normalized spacial score (nSPS) is 14.4. The molecule has 0 saturated carbocycles. The van der Waals surface area contributed by atoms with Gasteiger partial charge in [0.1, 0.15) is 17.3 Å². The van der Waals surface area contributed by atoms with Gasteiger partial charge >= 0.3 is 6.03 Å². The quantitative estimate of drug-likeness (QED) is 0.902. The summed E-state index contributed by atoms with van der Waals surface area (Å²) < 4.78 is 12.4. The number of rotatable bonds is 3. The first-order chi connectivity index (χ1) is 10.9. The first kappa shape index (κ1) is 15.5. The lowest BCUT2D eigenvalue weighted by Gasteiger charge is -2.22. The molecule has 23 heavy (non-hydrogen) atoms. The predicted octanol–water partition coefficient (Wildman–Crippen LogP) is 2.02. The van der Waals surface area contributed by atoms with Crippen LogP contribution in [0.3, 0.4) is 0 Å². The largest absolute Gasteiger partial charge is 0.376 e. The molecule has 3 rings (SSSR count). The summed E-state index contributed by atoms with van der Waals surface area (Å²) in [6.07, 6.45) is 2.38. The zero-order valence-corrected chi connectivity index (χ0v) is 13.5. The summed E-state index contributed by atoms with van der Waals surface area (Å²) in [4.78, 5) is 12.1. The molecule has 0 fully saturated rings. The fourth-order valence-corrected chi connectivity index (χ4v) is 2.48. The average Bonchev–Trinajstić information content (AvgIpc) is 3.11. The van der Waals surface area contributed by atoms with E-state index in [-0.39, 0.29) is 18.1 Å². The molecule has 2 aromatic heterocycles. The highest BCUT2D eigenvalue weighted by molar-refractivity contribution is 5.88. The van der Waals surface area contributed by atoms with E-state index in [1.54, 1.807) is 16.9 Å². The van der Waals surface area contributed by atoms with Crippen LogP contribution in [0.1, 0.15) is 37.8 Å². The Morgan fingerprint density at radius 3 is 3.04 bits per heavy atom. The minimum atomic E-state index is -0.315. The second-order valence-electron chi connectivity index (χ2n) is 6.44. The topological polar surface area (TPSA) is 94.2 Å². The van der Waals surface area contributed by atoms with Gasteiger partial charge < -0.3 is 14.6 Å². The molecule has 0 unspecified atom stereocenters. The highest BCUT2D eigenvalue weighted by atomic mass is 16.5. The van der Waals surface area contributed by atoms with Crippen molar-refractivity contribution < 1.29 is 14.1 Å². The van der Waals surface area contributed by atoms with Crippen molar-refractivity contribution in [3.63, 3.8) is 0 Å². The Hall–Kier alpha value is -2.35. The van der Waals surface area contributed by atoms with Gasteiger partial charge in [-0.15, -0.1) is 0 Å². The molecule has 2 amide bonds. The van der Waals surface area contributed by atoms with Crippen molar-refractivity contribution >= 4 is 11.8 Å². The van der Waals surface area contributed by atoms with Gasteiger partial charge in [0.15, 0.2) is 0 Å². The second-order valence-corrected chi connectivity index (χ2v) is 6.44. The minimum Gasteiger partial charge on any atom is -0.376 e. The Balaban J connectivity index is 1.60. The molecule has 1 aliphatic rings. The summed E-state index contributed by atoms with van der Waals surface area (Å²) in [6, 6.07) is 1.45. The Kier molecular flexibility index (Phi) is 4.08. The number of nitrogens with one attached hydrogen (secondary N) is 2. The average molecular weight is 319 g/mol. The van der Waals surface area contributed by atoms with Crippen molar-refractivity contribution in [2.24, 2.45) is 0 Å². The number of nitrogens with zero attached hydrogens (tertiary/aromatic N) is 3. The van der Waals surface area contributed by atoms with E-state index in [0.717, 1.165) is 17.7 Å². The van der Waals surface area contributed by atoms with Crippen LogP contribution in [0.15, 0.2) is 16.8 Å². The molecule has 0 bridgehead atoms. The first-order valence-corrected chi connectivity index (χ1v) is 7.58. The van der Waals surface area contributed by atoms with E-state index in [0.29, 0.717) is 24.7 Å². The van der Waals surface area contributed by atoms with E-state index in [9.17, 15) is 4.79 Å². The van der Waals surface area contributed by atoms with Crippen molar-refractivity contribution in [2.45, 2.75) is 45.9 Å². The number of aromatic nitrogens is 3. The van der Waals surface area contributed by atoms with E-state index < -0.39 is 0 Å². The predicted molar refractivity (Wildman–Crippen MR) is 82.9 cm³/mol. The van der Waals surface area contributed by atoms with E-state index in [1.807, 2.05) is 20.8 Å². The standard InChI is InChI=1S/C15H21N5O3/c1-15(2,3)20-13(4-6-17-20)18-14(21)16-8-11-10-9-22-7-5-12(10)23-19-11/h4,6H,5,7-9H2,1-3H3,(H2,16,18,21). The third kappa shape index (κ3) is 3.37. The molecule has 124 valence electrons. The van der Waals surface area contributed by atoms with Crippen LogP contribution < -0.4 is 10.6 Å². The molecule has 3 heterocycles. The van der Waals surface area contributed by atoms with Gasteiger partial charge in [-0.2, -0.15) is 5.10 Å². The third-order valence-corrected chi connectivity index (χ3v) is 3.61. The molecule has 1 aliphatic heterocycles. The molecule has 0 aromatic carbocycles. The van der Waals surface area contributed by atoms with Crippen LogP contribution in [0.5, 0.6) is 0 Å². The van der Waals surface area contributed by atoms with Crippen molar-refractivity contribution in [3.8, 4) is 0 Å². The third-order valence-electron chi connectivity index (χ3n) is 3.61. The number of hydrogen-bond acceptors (Lipinski definition) is 5. The molecule has 2 aromatic rings. The Labute approximate surface area is 134 Å². The van der Waals surface area contributed by atoms with Gasteiger partial charge in [0.2, 0.25) is 0 Å². The van der Waals surface area contributed by atoms with Crippen LogP contribution in [0.2, 0.25) is 0 Å². The summed E-state index contributed by atoms with van der Waals surface area (Å²) >= 11 is 0. The van der Waals surface area contributed by atoms with Gasteiger partial charge in [0.25, 0.3) is 0 Å². The maximum atomic E-state index is 12.1.